The summed E-state index contributed by atoms with van der Waals surface area (Å²) in [5.41, 5.74) is 0.487. The number of hydrogen-bond donors (Lipinski definition) is 2. The maximum absolute atomic E-state index is 13.5. The van der Waals surface area contributed by atoms with E-state index in [1.54, 1.807) is 13.0 Å². The number of hydrogen-bond acceptors (Lipinski definition) is 3. The zero-order valence-electron chi connectivity index (χ0n) is 9.87. The van der Waals surface area contributed by atoms with Crippen LogP contribution in [0.25, 0.3) is 0 Å². The summed E-state index contributed by atoms with van der Waals surface area (Å²) in [6.07, 6.45) is -0.543. The highest BCUT2D eigenvalue weighted by Gasteiger charge is 2.08. The van der Waals surface area contributed by atoms with E-state index in [0.29, 0.717) is 5.56 Å². The van der Waals surface area contributed by atoms with E-state index in [9.17, 15) is 14.3 Å². The van der Waals surface area contributed by atoms with Crippen LogP contribution in [0.5, 0.6) is 5.75 Å². The third-order valence-corrected chi connectivity index (χ3v) is 2.30. The molecule has 0 saturated carbocycles. The van der Waals surface area contributed by atoms with Crippen LogP contribution in [0.2, 0.25) is 0 Å². The van der Waals surface area contributed by atoms with Gasteiger partial charge >= 0.3 is 0 Å². The Kier molecular flexibility index (Phi) is 4.90. The van der Waals surface area contributed by atoms with Gasteiger partial charge < -0.3 is 15.2 Å². The topological polar surface area (TPSA) is 58.6 Å². The zero-order valence-corrected chi connectivity index (χ0v) is 9.87. The summed E-state index contributed by atoms with van der Waals surface area (Å²) in [5, 5.41) is 11.7. The third kappa shape index (κ3) is 4.03. The van der Waals surface area contributed by atoms with Crippen molar-refractivity contribution in [1.29, 1.82) is 0 Å². The fraction of sp³-hybridized carbons (Fsp3) is 0.417. The molecule has 0 radical (unpaired) electrons. The lowest BCUT2D eigenvalue weighted by Gasteiger charge is -2.09. The van der Waals surface area contributed by atoms with Gasteiger partial charge in [-0.3, -0.25) is 4.79 Å². The molecule has 5 heteroatoms. The molecule has 0 spiro atoms. The molecule has 1 atom stereocenters. The van der Waals surface area contributed by atoms with Gasteiger partial charge in [0, 0.05) is 7.05 Å². The van der Waals surface area contributed by atoms with Crippen molar-refractivity contribution in [3.05, 3.63) is 29.6 Å². The van der Waals surface area contributed by atoms with Gasteiger partial charge in [0.05, 0.1) is 19.1 Å². The summed E-state index contributed by atoms with van der Waals surface area (Å²) >= 11 is 0. The number of ether oxygens (including phenoxy) is 1. The fourth-order valence-electron chi connectivity index (χ4n) is 1.27. The van der Waals surface area contributed by atoms with Gasteiger partial charge in [-0.2, -0.15) is 0 Å². The summed E-state index contributed by atoms with van der Waals surface area (Å²) in [4.78, 5) is 10.9. The summed E-state index contributed by atoms with van der Waals surface area (Å²) < 4.78 is 18.6. The van der Waals surface area contributed by atoms with E-state index >= 15 is 0 Å². The van der Waals surface area contributed by atoms with Crippen molar-refractivity contribution < 1.29 is 19.0 Å². The van der Waals surface area contributed by atoms with Crippen molar-refractivity contribution in [3.8, 4) is 5.75 Å². The molecule has 0 aromatic heterocycles. The molecule has 0 aliphatic heterocycles. The van der Waals surface area contributed by atoms with Crippen molar-refractivity contribution in [2.75, 3.05) is 13.7 Å². The SMILES string of the molecule is CNC(=O)CCOc1ccc([C@@H](C)O)cc1F. The van der Waals surface area contributed by atoms with Gasteiger partial charge in [0.1, 0.15) is 0 Å². The van der Waals surface area contributed by atoms with Crippen LogP contribution in [0.1, 0.15) is 25.0 Å². The Hall–Kier alpha value is -1.62. The Morgan fingerprint density at radius 3 is 2.82 bits per heavy atom. The minimum absolute atomic E-state index is 0.0818. The number of carbonyl (C=O) groups is 1. The first-order chi connectivity index (χ1) is 8.04. The number of benzene rings is 1. The smallest absolute Gasteiger partial charge is 0.223 e. The van der Waals surface area contributed by atoms with Crippen LogP contribution in [-0.4, -0.2) is 24.7 Å². The van der Waals surface area contributed by atoms with E-state index in [1.807, 2.05) is 0 Å². The first-order valence-corrected chi connectivity index (χ1v) is 5.35. The van der Waals surface area contributed by atoms with E-state index in [-0.39, 0.29) is 24.7 Å². The largest absolute Gasteiger partial charge is 0.490 e. The van der Waals surface area contributed by atoms with Crippen molar-refractivity contribution in [2.45, 2.75) is 19.4 Å². The number of nitrogens with one attached hydrogen (secondary N) is 1. The molecule has 1 aromatic rings. The predicted octanol–water partition coefficient (Wildman–Crippen LogP) is 1.39. The summed E-state index contributed by atoms with van der Waals surface area (Å²) in [6.45, 7) is 1.67. The molecular weight excluding hydrogens is 225 g/mol. The Morgan fingerprint density at radius 2 is 2.29 bits per heavy atom. The van der Waals surface area contributed by atoms with Gasteiger partial charge in [-0.15, -0.1) is 0 Å². The molecule has 0 heterocycles. The number of carbonyl (C=O) groups excluding carboxylic acids is 1. The Morgan fingerprint density at radius 1 is 1.59 bits per heavy atom. The number of halogens is 1. The molecule has 0 aliphatic rings. The maximum Gasteiger partial charge on any atom is 0.223 e. The lowest BCUT2D eigenvalue weighted by Crippen LogP contribution is -2.20. The lowest BCUT2D eigenvalue weighted by molar-refractivity contribution is -0.121. The second-order valence-corrected chi connectivity index (χ2v) is 3.64. The predicted molar refractivity (Wildman–Crippen MR) is 61.2 cm³/mol. The van der Waals surface area contributed by atoms with Gasteiger partial charge in [-0.05, 0) is 24.6 Å². The van der Waals surface area contributed by atoms with Crippen LogP contribution in [0.15, 0.2) is 18.2 Å². The van der Waals surface area contributed by atoms with Gasteiger partial charge in [0.25, 0.3) is 0 Å². The summed E-state index contributed by atoms with van der Waals surface area (Å²) in [5.74, 6) is -0.621. The van der Waals surface area contributed by atoms with Crippen LogP contribution < -0.4 is 10.1 Å². The van der Waals surface area contributed by atoms with Crippen LogP contribution in [0.4, 0.5) is 4.39 Å². The Balaban J connectivity index is 2.57. The molecule has 0 saturated heterocycles. The monoisotopic (exact) mass is 241 g/mol. The Bertz CT molecular complexity index is 393. The molecule has 4 nitrogen and oxygen atoms in total. The van der Waals surface area contributed by atoms with Gasteiger partial charge in [0.2, 0.25) is 5.91 Å². The van der Waals surface area contributed by atoms with Crippen molar-refractivity contribution in [2.24, 2.45) is 0 Å². The first-order valence-electron chi connectivity index (χ1n) is 5.35. The van der Waals surface area contributed by atoms with Crippen molar-refractivity contribution >= 4 is 5.91 Å². The quantitative estimate of drug-likeness (QED) is 0.819. The van der Waals surface area contributed by atoms with E-state index in [0.717, 1.165) is 0 Å². The molecule has 0 fully saturated rings. The molecular formula is C12H16FNO3. The van der Waals surface area contributed by atoms with E-state index in [1.165, 1.54) is 19.2 Å². The van der Waals surface area contributed by atoms with Crippen LogP contribution >= 0.6 is 0 Å². The number of aliphatic hydroxyl groups is 1. The van der Waals surface area contributed by atoms with Crippen molar-refractivity contribution in [3.63, 3.8) is 0 Å². The number of rotatable bonds is 5. The first kappa shape index (κ1) is 13.4. The molecule has 0 bridgehead atoms. The second-order valence-electron chi connectivity index (χ2n) is 3.64. The molecule has 1 amide bonds. The second kappa shape index (κ2) is 6.20. The molecule has 0 aliphatic carbocycles. The molecule has 94 valence electrons. The molecule has 2 N–H and O–H groups in total. The highest BCUT2D eigenvalue weighted by atomic mass is 19.1. The minimum atomic E-state index is -0.718. The summed E-state index contributed by atoms with van der Waals surface area (Å²) in [6, 6.07) is 4.25. The lowest BCUT2D eigenvalue weighted by atomic mass is 10.1. The standard InChI is InChI=1S/C12H16FNO3/c1-8(15)9-3-4-11(10(13)7-9)17-6-5-12(16)14-2/h3-4,7-8,15H,5-6H2,1-2H3,(H,14,16)/t8-/m1/s1. The van der Waals surface area contributed by atoms with Gasteiger partial charge in [0.15, 0.2) is 11.6 Å². The number of aliphatic hydroxyl groups excluding tert-OH is 1. The van der Waals surface area contributed by atoms with Gasteiger partial charge in [-0.25, -0.2) is 4.39 Å². The highest BCUT2D eigenvalue weighted by molar-refractivity contribution is 5.75. The van der Waals surface area contributed by atoms with Gasteiger partial charge in [-0.1, -0.05) is 6.07 Å². The third-order valence-electron chi connectivity index (χ3n) is 2.30. The van der Waals surface area contributed by atoms with E-state index < -0.39 is 11.9 Å². The van der Waals surface area contributed by atoms with E-state index in [2.05, 4.69) is 5.32 Å². The fourth-order valence-corrected chi connectivity index (χ4v) is 1.27. The average Bonchev–Trinajstić information content (AvgIpc) is 2.30. The van der Waals surface area contributed by atoms with Crippen molar-refractivity contribution in [1.82, 2.24) is 5.32 Å². The summed E-state index contributed by atoms with van der Waals surface area (Å²) in [7, 11) is 1.53. The number of amides is 1. The van der Waals surface area contributed by atoms with Crippen LogP contribution in [0.3, 0.4) is 0 Å². The molecule has 17 heavy (non-hydrogen) atoms. The van der Waals surface area contributed by atoms with E-state index in [4.69, 9.17) is 4.74 Å². The highest BCUT2D eigenvalue weighted by Crippen LogP contribution is 2.21. The molecule has 0 unspecified atom stereocenters. The maximum atomic E-state index is 13.5. The molecule has 1 aromatic carbocycles. The molecule has 1 rings (SSSR count). The average molecular weight is 241 g/mol. The Labute approximate surface area is 99.4 Å². The minimum Gasteiger partial charge on any atom is -0.490 e. The van der Waals surface area contributed by atoms with Crippen LogP contribution in [-0.2, 0) is 4.79 Å². The zero-order chi connectivity index (χ0) is 12.8. The normalized spacial score (nSPS) is 12.0. The van der Waals surface area contributed by atoms with Crippen LogP contribution in [0, 0.1) is 5.82 Å².